The Hall–Kier alpha value is 0.01000. The smallest absolute Gasteiger partial charge is 0.242 e. The Balaban J connectivity index is 2.09. The molecule has 2 rings (SSSR count). The van der Waals surface area contributed by atoms with Crippen molar-refractivity contribution in [3.05, 3.63) is 14.7 Å². The number of halogens is 1. The van der Waals surface area contributed by atoms with E-state index in [4.69, 9.17) is 4.74 Å². The van der Waals surface area contributed by atoms with Crippen LogP contribution in [0.4, 0.5) is 0 Å². The van der Waals surface area contributed by atoms with Gasteiger partial charge in [-0.3, -0.25) is 0 Å². The van der Waals surface area contributed by atoms with Gasteiger partial charge in [-0.25, -0.2) is 13.1 Å². The highest BCUT2D eigenvalue weighted by atomic mass is 79.9. The van der Waals surface area contributed by atoms with E-state index in [1.54, 1.807) is 6.07 Å². The Morgan fingerprint density at radius 1 is 1.45 bits per heavy atom. The molecule has 0 aromatic carbocycles. The molecule has 1 saturated heterocycles. The van der Waals surface area contributed by atoms with Gasteiger partial charge >= 0.3 is 0 Å². The second kappa shape index (κ2) is 7.33. The highest BCUT2D eigenvalue weighted by Gasteiger charge is 2.25. The zero-order valence-electron chi connectivity index (χ0n) is 11.3. The van der Waals surface area contributed by atoms with E-state index in [1.807, 2.05) is 6.92 Å². The average Bonchev–Trinajstić information content (AvgIpc) is 2.79. The van der Waals surface area contributed by atoms with Crippen LogP contribution in [0.1, 0.15) is 24.6 Å². The summed E-state index contributed by atoms with van der Waals surface area (Å²) >= 11 is 4.81. The molecule has 0 amide bonds. The second-order valence-electron chi connectivity index (χ2n) is 4.64. The van der Waals surface area contributed by atoms with Gasteiger partial charge in [0, 0.05) is 30.7 Å². The number of rotatable bonds is 6. The minimum absolute atomic E-state index is 0.0298. The van der Waals surface area contributed by atoms with Crippen LogP contribution < -0.4 is 10.0 Å². The molecule has 0 unspecified atom stereocenters. The number of hydrogen-bond acceptors (Lipinski definition) is 5. The van der Waals surface area contributed by atoms with Crippen molar-refractivity contribution in [3.63, 3.8) is 0 Å². The standard InChI is InChI=1S/C12H19BrN2O3S2/c1-2-14-8-10-7-11(12(13)19-10)20(16,17)15-9-3-5-18-6-4-9/h7,9,14-15H,2-6,8H2,1H3. The Labute approximate surface area is 132 Å². The number of ether oxygens (including phenoxy) is 1. The normalized spacial score (nSPS) is 17.5. The third kappa shape index (κ3) is 4.25. The molecular weight excluding hydrogens is 364 g/mol. The summed E-state index contributed by atoms with van der Waals surface area (Å²) in [5.41, 5.74) is 0. The summed E-state index contributed by atoms with van der Waals surface area (Å²) in [5.74, 6) is 0. The molecule has 1 fully saturated rings. The molecular formula is C12H19BrN2O3S2. The first-order chi connectivity index (χ1) is 9.53. The monoisotopic (exact) mass is 382 g/mol. The summed E-state index contributed by atoms with van der Waals surface area (Å²) in [6.45, 7) is 4.80. The number of hydrogen-bond donors (Lipinski definition) is 2. The Morgan fingerprint density at radius 2 is 2.15 bits per heavy atom. The lowest BCUT2D eigenvalue weighted by Gasteiger charge is -2.22. The summed E-state index contributed by atoms with van der Waals surface area (Å²) in [4.78, 5) is 1.34. The summed E-state index contributed by atoms with van der Waals surface area (Å²) < 4.78 is 33.5. The van der Waals surface area contributed by atoms with E-state index in [0.29, 0.717) is 28.4 Å². The summed E-state index contributed by atoms with van der Waals surface area (Å²) in [7, 11) is -3.46. The summed E-state index contributed by atoms with van der Waals surface area (Å²) in [5, 5.41) is 3.20. The van der Waals surface area contributed by atoms with E-state index >= 15 is 0 Å². The van der Waals surface area contributed by atoms with Crippen molar-refractivity contribution in [2.24, 2.45) is 0 Å². The van der Waals surface area contributed by atoms with Crippen molar-refractivity contribution in [2.45, 2.75) is 37.2 Å². The van der Waals surface area contributed by atoms with Crippen LogP contribution in [0.2, 0.25) is 0 Å². The van der Waals surface area contributed by atoms with Gasteiger partial charge < -0.3 is 10.1 Å². The van der Waals surface area contributed by atoms with Crippen LogP contribution >= 0.6 is 27.3 Å². The topological polar surface area (TPSA) is 67.4 Å². The Kier molecular flexibility index (Phi) is 6.00. The van der Waals surface area contributed by atoms with E-state index in [9.17, 15) is 8.42 Å². The minimum Gasteiger partial charge on any atom is -0.381 e. The fourth-order valence-electron chi connectivity index (χ4n) is 2.01. The maximum absolute atomic E-state index is 12.4. The molecule has 2 N–H and O–H groups in total. The van der Waals surface area contributed by atoms with Gasteiger partial charge in [0.05, 0.1) is 3.79 Å². The van der Waals surface area contributed by atoms with Crippen LogP contribution in [0.25, 0.3) is 0 Å². The predicted octanol–water partition coefficient (Wildman–Crippen LogP) is 2.08. The lowest BCUT2D eigenvalue weighted by molar-refractivity contribution is 0.0832. The third-order valence-electron chi connectivity index (χ3n) is 3.09. The lowest BCUT2D eigenvalue weighted by atomic mass is 10.1. The molecule has 1 aliphatic heterocycles. The first-order valence-electron chi connectivity index (χ1n) is 6.62. The van der Waals surface area contributed by atoms with E-state index in [2.05, 4.69) is 26.0 Å². The lowest BCUT2D eigenvalue weighted by Crippen LogP contribution is -2.38. The second-order valence-corrected chi connectivity index (χ2v) is 8.78. The first-order valence-corrected chi connectivity index (χ1v) is 9.71. The fraction of sp³-hybridized carbons (Fsp3) is 0.667. The molecule has 0 bridgehead atoms. The SMILES string of the molecule is CCNCc1cc(S(=O)(=O)NC2CCOCC2)c(Br)s1. The van der Waals surface area contributed by atoms with Crippen LogP contribution in [0.3, 0.4) is 0 Å². The number of nitrogens with one attached hydrogen (secondary N) is 2. The van der Waals surface area contributed by atoms with Crippen molar-refractivity contribution in [1.29, 1.82) is 0 Å². The van der Waals surface area contributed by atoms with Crippen molar-refractivity contribution in [1.82, 2.24) is 10.0 Å². The maximum atomic E-state index is 12.4. The van der Waals surface area contributed by atoms with Crippen molar-refractivity contribution in [3.8, 4) is 0 Å². The van der Waals surface area contributed by atoms with Crippen LogP contribution in [-0.4, -0.2) is 34.2 Å². The highest BCUT2D eigenvalue weighted by molar-refractivity contribution is 9.11. The highest BCUT2D eigenvalue weighted by Crippen LogP contribution is 2.32. The molecule has 0 aliphatic carbocycles. The molecule has 5 nitrogen and oxygen atoms in total. The Morgan fingerprint density at radius 3 is 2.80 bits per heavy atom. The maximum Gasteiger partial charge on any atom is 0.242 e. The Bertz CT molecular complexity index is 539. The molecule has 0 radical (unpaired) electrons. The molecule has 1 aromatic heterocycles. The average molecular weight is 383 g/mol. The van der Waals surface area contributed by atoms with Gasteiger partial charge in [0.2, 0.25) is 10.0 Å². The number of sulfonamides is 1. The largest absolute Gasteiger partial charge is 0.381 e. The number of thiophene rings is 1. The van der Waals surface area contributed by atoms with Gasteiger partial charge in [-0.05, 0) is 41.4 Å². The molecule has 1 aromatic rings. The predicted molar refractivity (Wildman–Crippen MR) is 83.6 cm³/mol. The molecule has 0 spiro atoms. The van der Waals surface area contributed by atoms with E-state index in [1.165, 1.54) is 11.3 Å². The molecule has 114 valence electrons. The van der Waals surface area contributed by atoms with Crippen LogP contribution in [-0.2, 0) is 21.3 Å². The van der Waals surface area contributed by atoms with E-state index < -0.39 is 10.0 Å². The summed E-state index contributed by atoms with van der Waals surface area (Å²) in [6, 6.07) is 1.71. The van der Waals surface area contributed by atoms with Crippen LogP contribution in [0, 0.1) is 0 Å². The summed E-state index contributed by atoms with van der Waals surface area (Å²) in [6.07, 6.45) is 1.45. The van der Waals surface area contributed by atoms with Gasteiger partial charge in [0.15, 0.2) is 0 Å². The zero-order valence-corrected chi connectivity index (χ0v) is 14.5. The molecule has 8 heteroatoms. The van der Waals surface area contributed by atoms with Crippen LogP contribution in [0.5, 0.6) is 0 Å². The first kappa shape index (κ1) is 16.4. The minimum atomic E-state index is -3.46. The molecule has 0 atom stereocenters. The van der Waals surface area contributed by atoms with E-state index in [-0.39, 0.29) is 6.04 Å². The fourth-order valence-corrected chi connectivity index (χ4v) is 5.97. The third-order valence-corrected chi connectivity index (χ3v) is 6.86. The van der Waals surface area contributed by atoms with Gasteiger partial charge in [-0.2, -0.15) is 0 Å². The molecule has 20 heavy (non-hydrogen) atoms. The van der Waals surface area contributed by atoms with Gasteiger partial charge in [0.1, 0.15) is 4.90 Å². The van der Waals surface area contributed by atoms with Gasteiger partial charge in [-0.1, -0.05) is 6.92 Å². The zero-order chi connectivity index (χ0) is 14.6. The van der Waals surface area contributed by atoms with Crippen molar-refractivity contribution < 1.29 is 13.2 Å². The van der Waals surface area contributed by atoms with Crippen molar-refractivity contribution in [2.75, 3.05) is 19.8 Å². The molecule has 1 aliphatic rings. The van der Waals surface area contributed by atoms with E-state index in [0.717, 1.165) is 24.3 Å². The molecule has 2 heterocycles. The van der Waals surface area contributed by atoms with Crippen LogP contribution in [0.15, 0.2) is 14.7 Å². The van der Waals surface area contributed by atoms with Gasteiger partial charge in [0.25, 0.3) is 0 Å². The van der Waals surface area contributed by atoms with Gasteiger partial charge in [-0.15, -0.1) is 11.3 Å². The van der Waals surface area contributed by atoms with Crippen molar-refractivity contribution >= 4 is 37.3 Å². The molecule has 0 saturated carbocycles. The quantitative estimate of drug-likeness (QED) is 0.790.